The summed E-state index contributed by atoms with van der Waals surface area (Å²) in [6.07, 6.45) is 1.50. The maximum atomic E-state index is 9.80. The van der Waals surface area contributed by atoms with Crippen molar-refractivity contribution in [3.05, 3.63) is 70.4 Å². The number of aliphatic hydroxyl groups is 1. The molecule has 0 spiro atoms. The van der Waals surface area contributed by atoms with Crippen LogP contribution in [0.4, 0.5) is 5.82 Å². The van der Waals surface area contributed by atoms with Gasteiger partial charge in [-0.1, -0.05) is 23.8 Å². The molecular formula is C24H26N4O2. The first-order valence-corrected chi connectivity index (χ1v) is 10.3. The SMILES string of the molecule is Cc1ccc(-n2nc(C)c(C#N)c2N2CCc3cc(OCCCO)ccc3C2)cc1. The molecule has 6 nitrogen and oxygen atoms in total. The van der Waals surface area contributed by atoms with E-state index in [0.717, 1.165) is 42.5 Å². The molecule has 6 heteroatoms. The smallest absolute Gasteiger partial charge is 0.151 e. The van der Waals surface area contributed by atoms with E-state index in [1.165, 1.54) is 16.7 Å². The lowest BCUT2D eigenvalue weighted by Gasteiger charge is -2.31. The van der Waals surface area contributed by atoms with Gasteiger partial charge in [0.15, 0.2) is 5.82 Å². The largest absolute Gasteiger partial charge is 0.493 e. The Kier molecular flexibility index (Phi) is 5.73. The molecule has 2 heterocycles. The van der Waals surface area contributed by atoms with E-state index in [4.69, 9.17) is 9.84 Å². The summed E-state index contributed by atoms with van der Waals surface area (Å²) < 4.78 is 7.61. The van der Waals surface area contributed by atoms with Gasteiger partial charge in [0.2, 0.25) is 0 Å². The fourth-order valence-corrected chi connectivity index (χ4v) is 3.86. The number of rotatable bonds is 6. The number of aliphatic hydroxyl groups excluding tert-OH is 1. The average Bonchev–Trinajstić information content (AvgIpc) is 3.10. The van der Waals surface area contributed by atoms with Crippen LogP contribution in [0.25, 0.3) is 5.69 Å². The number of ether oxygens (including phenoxy) is 1. The summed E-state index contributed by atoms with van der Waals surface area (Å²) in [5.74, 6) is 1.70. The van der Waals surface area contributed by atoms with Crippen LogP contribution in [0, 0.1) is 25.2 Å². The zero-order valence-corrected chi connectivity index (χ0v) is 17.4. The van der Waals surface area contributed by atoms with Crippen LogP contribution in [0.3, 0.4) is 0 Å². The molecule has 0 bridgehead atoms. The molecular weight excluding hydrogens is 376 g/mol. The van der Waals surface area contributed by atoms with Crippen molar-refractivity contribution >= 4 is 5.82 Å². The minimum atomic E-state index is 0.134. The van der Waals surface area contributed by atoms with E-state index in [9.17, 15) is 5.26 Å². The molecule has 0 saturated carbocycles. The molecule has 30 heavy (non-hydrogen) atoms. The Hall–Kier alpha value is -3.30. The third kappa shape index (κ3) is 3.89. The summed E-state index contributed by atoms with van der Waals surface area (Å²) in [5.41, 5.74) is 6.01. The van der Waals surface area contributed by atoms with Gasteiger partial charge in [0.25, 0.3) is 0 Å². The number of nitriles is 1. The van der Waals surface area contributed by atoms with Gasteiger partial charge in [-0.25, -0.2) is 4.68 Å². The van der Waals surface area contributed by atoms with E-state index in [1.54, 1.807) is 0 Å². The Morgan fingerprint density at radius 3 is 2.67 bits per heavy atom. The maximum Gasteiger partial charge on any atom is 0.151 e. The molecule has 1 aliphatic heterocycles. The summed E-state index contributed by atoms with van der Waals surface area (Å²) in [5, 5.41) is 23.4. The van der Waals surface area contributed by atoms with Gasteiger partial charge in [-0.15, -0.1) is 0 Å². The monoisotopic (exact) mass is 402 g/mol. The molecule has 1 aromatic heterocycles. The van der Waals surface area contributed by atoms with Crippen LogP contribution in [0.2, 0.25) is 0 Å². The van der Waals surface area contributed by atoms with Crippen molar-refractivity contribution in [1.82, 2.24) is 9.78 Å². The molecule has 0 fully saturated rings. The average molecular weight is 402 g/mol. The van der Waals surface area contributed by atoms with Crippen LogP contribution in [0.15, 0.2) is 42.5 Å². The van der Waals surface area contributed by atoms with E-state index in [0.29, 0.717) is 18.6 Å². The van der Waals surface area contributed by atoms with Crippen molar-refractivity contribution in [3.8, 4) is 17.5 Å². The van der Waals surface area contributed by atoms with Crippen molar-refractivity contribution < 1.29 is 9.84 Å². The van der Waals surface area contributed by atoms with Gasteiger partial charge in [0.05, 0.1) is 18.0 Å². The third-order valence-electron chi connectivity index (χ3n) is 5.49. The number of hydrogen-bond donors (Lipinski definition) is 1. The zero-order valence-electron chi connectivity index (χ0n) is 17.4. The molecule has 0 unspecified atom stereocenters. The summed E-state index contributed by atoms with van der Waals surface area (Å²) in [7, 11) is 0. The quantitative estimate of drug-likeness (QED) is 0.637. The predicted molar refractivity (Wildman–Crippen MR) is 116 cm³/mol. The van der Waals surface area contributed by atoms with Gasteiger partial charge < -0.3 is 14.7 Å². The highest BCUT2D eigenvalue weighted by Gasteiger charge is 2.25. The number of fused-ring (bicyclic) bond motifs is 1. The summed E-state index contributed by atoms with van der Waals surface area (Å²) >= 11 is 0. The van der Waals surface area contributed by atoms with E-state index in [2.05, 4.69) is 47.3 Å². The van der Waals surface area contributed by atoms with Crippen LogP contribution in [-0.2, 0) is 13.0 Å². The Bertz CT molecular complexity index is 1080. The number of benzene rings is 2. The minimum Gasteiger partial charge on any atom is -0.493 e. The Labute approximate surface area is 176 Å². The zero-order chi connectivity index (χ0) is 21.1. The van der Waals surface area contributed by atoms with Gasteiger partial charge in [0, 0.05) is 26.1 Å². The first-order chi connectivity index (χ1) is 14.6. The highest BCUT2D eigenvalue weighted by Crippen LogP contribution is 2.32. The van der Waals surface area contributed by atoms with Gasteiger partial charge >= 0.3 is 0 Å². The van der Waals surface area contributed by atoms with Crippen LogP contribution in [-0.4, -0.2) is 34.6 Å². The molecule has 3 aromatic rings. The van der Waals surface area contributed by atoms with Gasteiger partial charge in [-0.2, -0.15) is 10.4 Å². The normalized spacial score (nSPS) is 13.1. The number of hydrogen-bond acceptors (Lipinski definition) is 5. The van der Waals surface area contributed by atoms with Crippen molar-refractivity contribution in [3.63, 3.8) is 0 Å². The van der Waals surface area contributed by atoms with E-state index in [-0.39, 0.29) is 6.61 Å². The molecule has 1 aliphatic rings. The van der Waals surface area contributed by atoms with Crippen molar-refractivity contribution in [2.24, 2.45) is 0 Å². The van der Waals surface area contributed by atoms with E-state index < -0.39 is 0 Å². The first-order valence-electron chi connectivity index (χ1n) is 10.3. The highest BCUT2D eigenvalue weighted by molar-refractivity contribution is 5.62. The number of anilines is 1. The summed E-state index contributed by atoms with van der Waals surface area (Å²) in [6, 6.07) is 16.7. The van der Waals surface area contributed by atoms with Crippen molar-refractivity contribution in [2.45, 2.75) is 33.2 Å². The Balaban J connectivity index is 1.64. The second-order valence-corrected chi connectivity index (χ2v) is 7.67. The predicted octanol–water partition coefficient (Wildman–Crippen LogP) is 3.68. The van der Waals surface area contributed by atoms with Crippen LogP contribution >= 0.6 is 0 Å². The summed E-state index contributed by atoms with van der Waals surface area (Å²) in [6.45, 7) is 6.12. The lowest BCUT2D eigenvalue weighted by Crippen LogP contribution is -2.32. The minimum absolute atomic E-state index is 0.134. The first kappa shape index (κ1) is 20.0. The molecule has 0 atom stereocenters. The summed E-state index contributed by atoms with van der Waals surface area (Å²) in [4.78, 5) is 2.24. The number of nitrogens with zero attached hydrogens (tertiary/aromatic N) is 4. The highest BCUT2D eigenvalue weighted by atomic mass is 16.5. The van der Waals surface area contributed by atoms with Gasteiger partial charge in [-0.3, -0.25) is 0 Å². The molecule has 2 aromatic carbocycles. The second-order valence-electron chi connectivity index (χ2n) is 7.67. The van der Waals surface area contributed by atoms with Crippen molar-refractivity contribution in [1.29, 1.82) is 5.26 Å². The van der Waals surface area contributed by atoms with Crippen LogP contribution < -0.4 is 9.64 Å². The lowest BCUT2D eigenvalue weighted by molar-refractivity contribution is 0.233. The standard InChI is InChI=1S/C24H26N4O2/c1-17-4-7-21(8-5-17)28-24(23(15-25)18(2)26-28)27-11-10-19-14-22(30-13-3-12-29)9-6-20(19)16-27/h4-9,14,29H,3,10-13,16H2,1-2H3. The van der Waals surface area contributed by atoms with Gasteiger partial charge in [0.1, 0.15) is 17.4 Å². The van der Waals surface area contributed by atoms with Crippen molar-refractivity contribution in [2.75, 3.05) is 24.7 Å². The third-order valence-corrected chi connectivity index (χ3v) is 5.49. The Morgan fingerprint density at radius 1 is 1.13 bits per heavy atom. The Morgan fingerprint density at radius 2 is 1.93 bits per heavy atom. The number of aryl methyl sites for hydroxylation is 2. The lowest BCUT2D eigenvalue weighted by atomic mass is 9.99. The van der Waals surface area contributed by atoms with Crippen LogP contribution in [0.5, 0.6) is 5.75 Å². The molecule has 154 valence electrons. The molecule has 4 rings (SSSR count). The maximum absolute atomic E-state index is 9.80. The topological polar surface area (TPSA) is 74.3 Å². The molecule has 0 radical (unpaired) electrons. The number of aromatic nitrogens is 2. The fourth-order valence-electron chi connectivity index (χ4n) is 3.86. The van der Waals surface area contributed by atoms with Gasteiger partial charge in [-0.05, 0) is 55.7 Å². The van der Waals surface area contributed by atoms with E-state index in [1.807, 2.05) is 29.8 Å². The van der Waals surface area contributed by atoms with E-state index >= 15 is 0 Å². The fraction of sp³-hybridized carbons (Fsp3) is 0.333. The second kappa shape index (κ2) is 8.60. The molecule has 1 N–H and O–H groups in total. The molecule has 0 saturated heterocycles. The molecule has 0 aliphatic carbocycles. The van der Waals surface area contributed by atoms with Crippen LogP contribution in [0.1, 0.15) is 34.4 Å². The molecule has 0 amide bonds.